The Bertz CT molecular complexity index is 1510. The maximum atomic E-state index is 14.1. The van der Waals surface area contributed by atoms with Gasteiger partial charge in [0.1, 0.15) is 30.5 Å². The van der Waals surface area contributed by atoms with Gasteiger partial charge in [0.25, 0.3) is 0 Å². The van der Waals surface area contributed by atoms with Crippen LogP contribution < -0.4 is 9.47 Å². The Balaban J connectivity index is 1.50. The summed E-state index contributed by atoms with van der Waals surface area (Å²) in [6.45, 7) is 14.0. The third-order valence-electron chi connectivity index (χ3n) is 9.07. The van der Waals surface area contributed by atoms with Crippen LogP contribution in [0.2, 0.25) is 18.1 Å². The Morgan fingerprint density at radius 3 is 1.93 bits per heavy atom. The van der Waals surface area contributed by atoms with Gasteiger partial charge < -0.3 is 13.9 Å². The second-order valence-corrected chi connectivity index (χ2v) is 18.3. The van der Waals surface area contributed by atoms with Gasteiger partial charge in [0.05, 0.1) is 11.7 Å². The molecule has 0 saturated heterocycles. The molecule has 4 nitrogen and oxygen atoms in total. The third kappa shape index (κ3) is 9.88. The molecule has 4 aromatic carbocycles. The lowest BCUT2D eigenvalue weighted by molar-refractivity contribution is 0.0896. The van der Waals surface area contributed by atoms with Crippen LogP contribution in [-0.2, 0) is 17.6 Å². The number of ether oxygens (including phenoxy) is 2. The molecule has 0 spiro atoms. The summed E-state index contributed by atoms with van der Waals surface area (Å²) in [5, 5.41) is 0.0420. The Kier molecular flexibility index (Phi) is 12.4. The molecule has 0 aliphatic heterocycles. The maximum absolute atomic E-state index is 14.1. The Hall–Kier alpha value is -3.74. The highest BCUT2D eigenvalue weighted by molar-refractivity contribution is 6.74. The summed E-state index contributed by atoms with van der Waals surface area (Å²) >= 11 is 0. The fourth-order valence-corrected chi connectivity index (χ4v) is 6.50. The van der Waals surface area contributed by atoms with Gasteiger partial charge in [-0.05, 0) is 84.8 Å². The molecule has 0 aliphatic rings. The van der Waals surface area contributed by atoms with E-state index < -0.39 is 8.32 Å². The van der Waals surface area contributed by atoms with Gasteiger partial charge in [0, 0.05) is 12.0 Å². The summed E-state index contributed by atoms with van der Waals surface area (Å²) < 4.78 is 33.0. The molecule has 0 fully saturated rings. The molecule has 0 aromatic heterocycles. The number of ketones is 1. The normalized spacial score (nSPS) is 13.2. The second kappa shape index (κ2) is 16.2. The Labute approximate surface area is 276 Å². The summed E-state index contributed by atoms with van der Waals surface area (Å²) in [6, 6.07) is 32.1. The average Bonchev–Trinajstić information content (AvgIpc) is 3.05. The summed E-state index contributed by atoms with van der Waals surface area (Å²) in [5.74, 6) is 0.832. The lowest BCUT2D eigenvalue weighted by Gasteiger charge is -2.39. The standard InChI is InChI=1S/C40H49FO4Si/c1-7-32(19-14-20-37(33-21-23-34(41)24-22-33)45-46(5,6)40(2,3)4)39(42)36-26-25-35(43-28-30-15-10-8-11-16-30)27-38(36)44-29-31-17-12-9-13-18-31/h8-13,15-18,21-27,32,37H,7,14,19-20,28-29H2,1-6H3/t32?,37-/m0/s1. The fraction of sp³-hybridized carbons (Fsp3) is 0.375. The van der Waals surface area contributed by atoms with Crippen molar-refractivity contribution in [1.82, 2.24) is 0 Å². The Morgan fingerprint density at radius 2 is 1.37 bits per heavy atom. The minimum atomic E-state index is -2.09. The van der Waals surface area contributed by atoms with Crippen molar-refractivity contribution in [2.24, 2.45) is 5.92 Å². The van der Waals surface area contributed by atoms with E-state index in [0.29, 0.717) is 36.7 Å². The first kappa shape index (κ1) is 35.1. The molecule has 4 aromatic rings. The van der Waals surface area contributed by atoms with Crippen LogP contribution in [0, 0.1) is 11.7 Å². The lowest BCUT2D eigenvalue weighted by atomic mass is 9.89. The van der Waals surface area contributed by atoms with Crippen molar-refractivity contribution in [3.8, 4) is 11.5 Å². The summed E-state index contributed by atoms with van der Waals surface area (Å²) in [7, 11) is -2.09. The number of halogens is 1. The van der Waals surface area contributed by atoms with Crippen LogP contribution in [-0.4, -0.2) is 14.1 Å². The molecule has 2 atom stereocenters. The molecule has 46 heavy (non-hydrogen) atoms. The van der Waals surface area contributed by atoms with Crippen molar-refractivity contribution in [2.45, 2.75) is 90.8 Å². The zero-order valence-electron chi connectivity index (χ0n) is 28.2. The van der Waals surface area contributed by atoms with E-state index >= 15 is 0 Å². The molecule has 0 radical (unpaired) electrons. The van der Waals surface area contributed by atoms with Crippen molar-refractivity contribution in [3.63, 3.8) is 0 Å². The van der Waals surface area contributed by atoms with Gasteiger partial charge in [-0.2, -0.15) is 0 Å². The molecule has 244 valence electrons. The van der Waals surface area contributed by atoms with Crippen molar-refractivity contribution >= 4 is 14.1 Å². The SMILES string of the molecule is CCC(CCC[C@H](O[Si](C)(C)C(C)(C)C)c1ccc(F)cc1)C(=O)c1ccc(OCc2ccccc2)cc1OCc1ccccc1. The van der Waals surface area contributed by atoms with E-state index in [4.69, 9.17) is 13.9 Å². The molecule has 0 bridgehead atoms. The van der Waals surface area contributed by atoms with E-state index in [1.807, 2.05) is 91.0 Å². The number of benzene rings is 4. The number of rotatable bonds is 16. The zero-order chi connectivity index (χ0) is 33.2. The Morgan fingerprint density at radius 1 is 0.783 bits per heavy atom. The number of carbonyl (C=O) groups is 1. The smallest absolute Gasteiger partial charge is 0.192 e. The first-order valence-corrected chi connectivity index (χ1v) is 19.3. The maximum Gasteiger partial charge on any atom is 0.192 e. The average molecular weight is 641 g/mol. The summed E-state index contributed by atoms with van der Waals surface area (Å²) in [6.07, 6.45) is 2.84. The van der Waals surface area contributed by atoms with Crippen LogP contribution in [0.3, 0.4) is 0 Å². The van der Waals surface area contributed by atoms with Crippen molar-refractivity contribution in [2.75, 3.05) is 0 Å². The molecule has 1 unspecified atom stereocenters. The molecule has 0 amide bonds. The highest BCUT2D eigenvalue weighted by atomic mass is 28.4. The van der Waals surface area contributed by atoms with Gasteiger partial charge in [-0.25, -0.2) is 4.39 Å². The van der Waals surface area contributed by atoms with Crippen LogP contribution in [0.4, 0.5) is 4.39 Å². The van der Waals surface area contributed by atoms with E-state index in [1.165, 1.54) is 12.1 Å². The second-order valence-electron chi connectivity index (χ2n) is 13.5. The van der Waals surface area contributed by atoms with E-state index in [1.54, 1.807) is 0 Å². The van der Waals surface area contributed by atoms with Gasteiger partial charge in [-0.1, -0.05) is 100 Å². The van der Waals surface area contributed by atoms with Crippen LogP contribution in [0.25, 0.3) is 0 Å². The number of carbonyl (C=O) groups excluding carboxylic acids is 1. The zero-order valence-corrected chi connectivity index (χ0v) is 29.2. The predicted octanol–water partition coefficient (Wildman–Crippen LogP) is 11.1. The molecule has 6 heteroatoms. The minimum absolute atomic E-state index is 0.0420. The number of Topliss-reactive ketones (excluding diaryl/α,β-unsaturated/α-hetero) is 1. The van der Waals surface area contributed by atoms with Crippen molar-refractivity contribution in [3.05, 3.63) is 131 Å². The third-order valence-corrected chi connectivity index (χ3v) is 13.6. The molecule has 0 N–H and O–H groups in total. The van der Waals surface area contributed by atoms with Crippen LogP contribution in [0.1, 0.15) is 86.5 Å². The molecule has 4 rings (SSSR count). The van der Waals surface area contributed by atoms with Crippen LogP contribution in [0.5, 0.6) is 11.5 Å². The number of hydrogen-bond donors (Lipinski definition) is 0. The largest absolute Gasteiger partial charge is 0.489 e. The van der Waals surface area contributed by atoms with Crippen LogP contribution in [0.15, 0.2) is 103 Å². The van der Waals surface area contributed by atoms with Gasteiger partial charge in [-0.15, -0.1) is 0 Å². The minimum Gasteiger partial charge on any atom is -0.489 e. The summed E-state index contributed by atoms with van der Waals surface area (Å²) in [5.41, 5.74) is 3.64. The van der Waals surface area contributed by atoms with E-state index in [2.05, 4.69) is 40.8 Å². The molecular weight excluding hydrogens is 592 g/mol. The molecule has 0 aliphatic carbocycles. The first-order valence-electron chi connectivity index (χ1n) is 16.4. The summed E-state index contributed by atoms with van der Waals surface area (Å²) in [4.78, 5) is 14.1. The predicted molar refractivity (Wildman–Crippen MR) is 187 cm³/mol. The van der Waals surface area contributed by atoms with Gasteiger partial charge >= 0.3 is 0 Å². The topological polar surface area (TPSA) is 44.8 Å². The van der Waals surface area contributed by atoms with Crippen molar-refractivity contribution in [1.29, 1.82) is 0 Å². The highest BCUT2D eigenvalue weighted by Gasteiger charge is 2.39. The van der Waals surface area contributed by atoms with E-state index in [-0.39, 0.29) is 28.7 Å². The molecular formula is C40H49FO4Si. The van der Waals surface area contributed by atoms with Gasteiger partial charge in [0.2, 0.25) is 0 Å². The monoisotopic (exact) mass is 640 g/mol. The molecule has 0 heterocycles. The lowest BCUT2D eigenvalue weighted by Crippen LogP contribution is -2.41. The van der Waals surface area contributed by atoms with Crippen molar-refractivity contribution < 1.29 is 23.1 Å². The quantitative estimate of drug-likeness (QED) is 0.0903. The fourth-order valence-electron chi connectivity index (χ4n) is 5.19. The van der Waals surface area contributed by atoms with E-state index in [9.17, 15) is 9.18 Å². The first-order chi connectivity index (χ1) is 22.0. The highest BCUT2D eigenvalue weighted by Crippen LogP contribution is 2.41. The van der Waals surface area contributed by atoms with Gasteiger partial charge in [0.15, 0.2) is 14.1 Å². The van der Waals surface area contributed by atoms with Gasteiger partial charge in [-0.3, -0.25) is 4.79 Å². The molecule has 0 saturated carbocycles. The van der Waals surface area contributed by atoms with E-state index in [0.717, 1.165) is 36.0 Å². The number of hydrogen-bond acceptors (Lipinski definition) is 4. The van der Waals surface area contributed by atoms with Crippen LogP contribution >= 0.6 is 0 Å².